The highest BCUT2D eigenvalue weighted by Crippen LogP contribution is 2.25. The highest BCUT2D eigenvalue weighted by atomic mass is 32.2. The molecule has 0 aromatic heterocycles. The molecule has 3 N–H and O–H groups in total. The van der Waals surface area contributed by atoms with Gasteiger partial charge in [0.15, 0.2) is 0 Å². The second kappa shape index (κ2) is 6.93. The number of nitrogens with two attached hydrogens (primary N) is 1. The minimum Gasteiger partial charge on any atom is -0.326 e. The van der Waals surface area contributed by atoms with E-state index in [2.05, 4.69) is 4.72 Å². The molecule has 0 bridgehead atoms. The minimum atomic E-state index is -3.43. The molecule has 112 valence electrons. The first-order valence-electron chi connectivity index (χ1n) is 6.94. The zero-order chi connectivity index (χ0) is 14.6. The first kappa shape index (κ1) is 15.8. The quantitative estimate of drug-likeness (QED) is 0.872. The van der Waals surface area contributed by atoms with Crippen molar-refractivity contribution in [2.45, 2.75) is 42.9 Å². The van der Waals surface area contributed by atoms with Gasteiger partial charge >= 0.3 is 0 Å². The monoisotopic (exact) mass is 314 g/mol. The predicted molar refractivity (Wildman–Crippen MR) is 84.4 cm³/mol. The van der Waals surface area contributed by atoms with Crippen molar-refractivity contribution >= 4 is 21.8 Å². The third kappa shape index (κ3) is 3.97. The van der Waals surface area contributed by atoms with Crippen molar-refractivity contribution in [1.82, 2.24) is 4.72 Å². The minimum absolute atomic E-state index is 0.310. The Morgan fingerprint density at radius 2 is 2.20 bits per heavy atom. The van der Waals surface area contributed by atoms with E-state index in [1.165, 1.54) is 12.8 Å². The van der Waals surface area contributed by atoms with Crippen LogP contribution < -0.4 is 10.5 Å². The van der Waals surface area contributed by atoms with Gasteiger partial charge in [0, 0.05) is 18.3 Å². The van der Waals surface area contributed by atoms with Gasteiger partial charge in [0.05, 0.1) is 4.90 Å². The maximum atomic E-state index is 12.3. The lowest BCUT2D eigenvalue weighted by Gasteiger charge is -2.21. The lowest BCUT2D eigenvalue weighted by atomic mass is 10.1. The van der Waals surface area contributed by atoms with Crippen LogP contribution in [0.2, 0.25) is 0 Å². The average molecular weight is 314 g/mol. The molecule has 0 spiro atoms. The molecule has 2 rings (SSSR count). The first-order chi connectivity index (χ1) is 9.53. The number of hydrogen-bond donors (Lipinski definition) is 2. The van der Waals surface area contributed by atoms with Gasteiger partial charge in [-0.3, -0.25) is 0 Å². The summed E-state index contributed by atoms with van der Waals surface area (Å²) in [5, 5.41) is 0.401. The highest BCUT2D eigenvalue weighted by molar-refractivity contribution is 8.00. The Hall–Kier alpha value is -0.560. The third-order valence-corrected chi connectivity index (χ3v) is 6.45. The zero-order valence-electron chi connectivity index (χ0n) is 11.8. The van der Waals surface area contributed by atoms with Gasteiger partial charge in [0.1, 0.15) is 0 Å². The van der Waals surface area contributed by atoms with E-state index in [4.69, 9.17) is 5.73 Å². The standard InChI is InChI=1S/C14H22N2O2S2/c1-11-5-6-14(8-12(11)9-15)20(17,18)16-10-13-4-2-3-7-19-13/h5-6,8,13,16H,2-4,7,9-10,15H2,1H3. The molecule has 1 aromatic rings. The Kier molecular flexibility index (Phi) is 5.49. The maximum absolute atomic E-state index is 12.3. The number of benzene rings is 1. The molecule has 20 heavy (non-hydrogen) atoms. The molecule has 1 aliphatic heterocycles. The topological polar surface area (TPSA) is 72.2 Å². The van der Waals surface area contributed by atoms with Crippen molar-refractivity contribution in [1.29, 1.82) is 0 Å². The molecule has 1 aromatic carbocycles. The van der Waals surface area contributed by atoms with E-state index in [1.807, 2.05) is 24.8 Å². The zero-order valence-corrected chi connectivity index (χ0v) is 13.4. The Morgan fingerprint density at radius 1 is 1.40 bits per heavy atom. The van der Waals surface area contributed by atoms with E-state index in [-0.39, 0.29) is 0 Å². The lowest BCUT2D eigenvalue weighted by molar-refractivity contribution is 0.573. The van der Waals surface area contributed by atoms with Gasteiger partial charge in [0.2, 0.25) is 10.0 Å². The Balaban J connectivity index is 2.05. The van der Waals surface area contributed by atoms with Crippen LogP contribution in [0.25, 0.3) is 0 Å². The van der Waals surface area contributed by atoms with Gasteiger partial charge in [-0.2, -0.15) is 11.8 Å². The summed E-state index contributed by atoms with van der Waals surface area (Å²) in [7, 11) is -3.43. The van der Waals surface area contributed by atoms with Crippen molar-refractivity contribution < 1.29 is 8.42 Å². The number of rotatable bonds is 5. The summed E-state index contributed by atoms with van der Waals surface area (Å²) in [5.41, 5.74) is 7.53. The van der Waals surface area contributed by atoms with Crippen molar-refractivity contribution in [3.8, 4) is 0 Å². The van der Waals surface area contributed by atoms with Crippen LogP contribution in [-0.4, -0.2) is 26.0 Å². The molecule has 0 saturated carbocycles. The molecule has 1 atom stereocenters. The molecule has 1 saturated heterocycles. The van der Waals surface area contributed by atoms with Crippen LogP contribution in [0.15, 0.2) is 23.1 Å². The number of hydrogen-bond acceptors (Lipinski definition) is 4. The fourth-order valence-electron chi connectivity index (χ4n) is 2.29. The van der Waals surface area contributed by atoms with E-state index in [1.54, 1.807) is 12.1 Å². The van der Waals surface area contributed by atoms with Gasteiger partial charge in [-0.15, -0.1) is 0 Å². The van der Waals surface area contributed by atoms with Crippen LogP contribution in [-0.2, 0) is 16.6 Å². The fraction of sp³-hybridized carbons (Fsp3) is 0.571. The smallest absolute Gasteiger partial charge is 0.240 e. The summed E-state index contributed by atoms with van der Waals surface area (Å²) < 4.78 is 27.3. The van der Waals surface area contributed by atoms with E-state index < -0.39 is 10.0 Å². The molecule has 4 nitrogen and oxygen atoms in total. The molecule has 1 unspecified atom stereocenters. The summed E-state index contributed by atoms with van der Waals surface area (Å²) in [5.74, 6) is 1.13. The van der Waals surface area contributed by atoms with Crippen molar-refractivity contribution in [2.24, 2.45) is 5.73 Å². The van der Waals surface area contributed by atoms with E-state index in [9.17, 15) is 8.42 Å². The molecule has 1 heterocycles. The van der Waals surface area contributed by atoms with Crippen LogP contribution >= 0.6 is 11.8 Å². The van der Waals surface area contributed by atoms with Crippen LogP contribution in [0, 0.1) is 6.92 Å². The largest absolute Gasteiger partial charge is 0.326 e. The summed E-state index contributed by atoms with van der Waals surface area (Å²) in [6.07, 6.45) is 3.53. The Bertz CT molecular complexity index is 552. The normalized spacial score (nSPS) is 20.0. The van der Waals surface area contributed by atoms with Gasteiger partial charge in [0.25, 0.3) is 0 Å². The van der Waals surface area contributed by atoms with Crippen LogP contribution in [0.5, 0.6) is 0 Å². The molecule has 1 aliphatic rings. The molecule has 0 aliphatic carbocycles. The van der Waals surface area contributed by atoms with Crippen molar-refractivity contribution in [3.05, 3.63) is 29.3 Å². The fourth-order valence-corrected chi connectivity index (χ4v) is 4.77. The van der Waals surface area contributed by atoms with E-state index in [0.29, 0.717) is 23.2 Å². The second-order valence-corrected chi connectivity index (χ2v) is 8.31. The summed E-state index contributed by atoms with van der Waals surface area (Å²) in [4.78, 5) is 0.310. The number of sulfonamides is 1. The van der Waals surface area contributed by atoms with E-state index >= 15 is 0 Å². The summed E-state index contributed by atoms with van der Waals surface area (Å²) in [6.45, 7) is 2.80. The molecule has 6 heteroatoms. The molecule has 0 radical (unpaired) electrons. The summed E-state index contributed by atoms with van der Waals surface area (Å²) >= 11 is 1.86. The predicted octanol–water partition coefficient (Wildman–Crippen LogP) is 2.02. The number of nitrogens with one attached hydrogen (secondary N) is 1. The molecule has 0 amide bonds. The van der Waals surface area contributed by atoms with E-state index in [0.717, 1.165) is 23.3 Å². The first-order valence-corrected chi connectivity index (χ1v) is 9.47. The summed E-state index contributed by atoms with van der Waals surface area (Å²) in [6, 6.07) is 5.13. The second-order valence-electron chi connectivity index (χ2n) is 5.13. The maximum Gasteiger partial charge on any atom is 0.240 e. The van der Waals surface area contributed by atoms with Crippen LogP contribution in [0.4, 0.5) is 0 Å². The van der Waals surface area contributed by atoms with Crippen molar-refractivity contribution in [3.63, 3.8) is 0 Å². The van der Waals surface area contributed by atoms with Crippen molar-refractivity contribution in [2.75, 3.05) is 12.3 Å². The lowest BCUT2D eigenvalue weighted by Crippen LogP contribution is -2.32. The van der Waals surface area contributed by atoms with Crippen LogP contribution in [0.1, 0.15) is 30.4 Å². The molecule has 1 fully saturated rings. The average Bonchev–Trinajstić information content (AvgIpc) is 2.46. The number of aryl methyl sites for hydroxylation is 1. The molecular formula is C14H22N2O2S2. The molecular weight excluding hydrogens is 292 g/mol. The SMILES string of the molecule is Cc1ccc(S(=O)(=O)NCC2CCCCS2)cc1CN. The van der Waals surface area contributed by atoms with Gasteiger partial charge in [-0.05, 0) is 48.8 Å². The van der Waals surface area contributed by atoms with Gasteiger partial charge in [-0.1, -0.05) is 12.5 Å². The third-order valence-electron chi connectivity index (χ3n) is 3.63. The van der Waals surface area contributed by atoms with Crippen LogP contribution in [0.3, 0.4) is 0 Å². The Labute approximate surface area is 125 Å². The highest BCUT2D eigenvalue weighted by Gasteiger charge is 2.19. The van der Waals surface area contributed by atoms with Gasteiger partial charge < -0.3 is 5.73 Å². The Morgan fingerprint density at radius 3 is 2.85 bits per heavy atom. The number of thioether (sulfide) groups is 1. The van der Waals surface area contributed by atoms with Gasteiger partial charge in [-0.25, -0.2) is 13.1 Å².